The smallest absolute Gasteiger partial charge is 0.261 e. The van der Waals surface area contributed by atoms with E-state index in [1.807, 2.05) is 66.4 Å². The van der Waals surface area contributed by atoms with Gasteiger partial charge in [0, 0.05) is 19.3 Å². The van der Waals surface area contributed by atoms with Crippen LogP contribution in [0.5, 0.6) is 0 Å². The van der Waals surface area contributed by atoms with Crippen LogP contribution in [0.3, 0.4) is 0 Å². The Hall–Kier alpha value is -3.12. The molecule has 0 saturated heterocycles. The SMILES string of the molecule is C[C@@H](Sc1nc2cc3ccccc3cc2c(=O)n1C)C(=O)N1CCc2ccccc21. The minimum Gasteiger partial charge on any atom is -0.311 e. The fraction of sp³-hybridized carbons (Fsp3) is 0.208. The van der Waals surface area contributed by atoms with Crippen LogP contribution in [0.25, 0.3) is 21.7 Å². The highest BCUT2D eigenvalue weighted by Gasteiger charge is 2.29. The molecule has 5 nitrogen and oxygen atoms in total. The van der Waals surface area contributed by atoms with Gasteiger partial charge in [-0.25, -0.2) is 4.98 Å². The zero-order valence-corrected chi connectivity index (χ0v) is 17.6. The number of anilines is 1. The van der Waals surface area contributed by atoms with Crippen molar-refractivity contribution in [3.05, 3.63) is 76.6 Å². The summed E-state index contributed by atoms with van der Waals surface area (Å²) in [5.74, 6) is 0.0396. The first-order valence-electron chi connectivity index (χ1n) is 9.98. The quantitative estimate of drug-likeness (QED) is 0.286. The lowest BCUT2D eigenvalue weighted by molar-refractivity contribution is -0.117. The van der Waals surface area contributed by atoms with Gasteiger partial charge in [0.2, 0.25) is 5.91 Å². The van der Waals surface area contributed by atoms with Gasteiger partial charge in [0.15, 0.2) is 5.16 Å². The molecule has 30 heavy (non-hydrogen) atoms. The van der Waals surface area contributed by atoms with Crippen LogP contribution < -0.4 is 10.5 Å². The average molecular weight is 416 g/mol. The first kappa shape index (κ1) is 18.9. The maximum Gasteiger partial charge on any atom is 0.261 e. The van der Waals surface area contributed by atoms with E-state index >= 15 is 0 Å². The van der Waals surface area contributed by atoms with E-state index in [2.05, 4.69) is 6.07 Å². The van der Waals surface area contributed by atoms with Crippen molar-refractivity contribution in [2.24, 2.45) is 7.05 Å². The van der Waals surface area contributed by atoms with Crippen LogP contribution in [0.4, 0.5) is 5.69 Å². The van der Waals surface area contributed by atoms with Crippen LogP contribution in [0.2, 0.25) is 0 Å². The Morgan fingerprint density at radius 1 is 1.07 bits per heavy atom. The number of para-hydroxylation sites is 1. The minimum atomic E-state index is -0.354. The zero-order valence-electron chi connectivity index (χ0n) is 16.8. The molecule has 6 heteroatoms. The third kappa shape index (κ3) is 3.08. The molecular weight excluding hydrogens is 394 g/mol. The van der Waals surface area contributed by atoms with Gasteiger partial charge in [-0.05, 0) is 47.9 Å². The lowest BCUT2D eigenvalue weighted by Gasteiger charge is -2.21. The molecule has 0 spiro atoms. The Morgan fingerprint density at radius 2 is 1.77 bits per heavy atom. The minimum absolute atomic E-state index is 0.0396. The van der Waals surface area contributed by atoms with Crippen LogP contribution in [0.1, 0.15) is 12.5 Å². The molecular formula is C24H21N3O2S. The van der Waals surface area contributed by atoms with Gasteiger partial charge < -0.3 is 4.90 Å². The van der Waals surface area contributed by atoms with Gasteiger partial charge in [-0.1, -0.05) is 54.2 Å². The van der Waals surface area contributed by atoms with Crippen molar-refractivity contribution in [1.82, 2.24) is 9.55 Å². The van der Waals surface area contributed by atoms with Gasteiger partial charge in [0.25, 0.3) is 5.56 Å². The summed E-state index contributed by atoms with van der Waals surface area (Å²) in [6.07, 6.45) is 0.874. The highest BCUT2D eigenvalue weighted by atomic mass is 32.2. The number of fused-ring (bicyclic) bond motifs is 3. The molecule has 0 fully saturated rings. The average Bonchev–Trinajstić information content (AvgIpc) is 3.20. The van der Waals surface area contributed by atoms with Crippen molar-refractivity contribution in [1.29, 1.82) is 0 Å². The summed E-state index contributed by atoms with van der Waals surface area (Å²) in [6.45, 7) is 2.57. The highest BCUT2D eigenvalue weighted by molar-refractivity contribution is 8.00. The normalized spacial score (nSPS) is 14.3. The van der Waals surface area contributed by atoms with E-state index in [-0.39, 0.29) is 16.7 Å². The predicted octanol–water partition coefficient (Wildman–Crippen LogP) is 4.16. The van der Waals surface area contributed by atoms with Gasteiger partial charge in [-0.15, -0.1) is 0 Å². The number of aromatic nitrogens is 2. The molecule has 0 saturated carbocycles. The Morgan fingerprint density at radius 3 is 2.57 bits per heavy atom. The second-order valence-corrected chi connectivity index (χ2v) is 8.91. The molecule has 1 aromatic heterocycles. The summed E-state index contributed by atoms with van der Waals surface area (Å²) in [4.78, 5) is 32.7. The Bertz CT molecular complexity index is 1360. The summed E-state index contributed by atoms with van der Waals surface area (Å²) >= 11 is 1.33. The molecule has 5 rings (SSSR count). The summed E-state index contributed by atoms with van der Waals surface area (Å²) in [7, 11) is 1.72. The van der Waals surface area contributed by atoms with Gasteiger partial charge in [0.05, 0.1) is 16.2 Å². The lowest BCUT2D eigenvalue weighted by Crippen LogP contribution is -2.35. The van der Waals surface area contributed by atoms with Crippen LogP contribution >= 0.6 is 11.8 Å². The monoisotopic (exact) mass is 415 g/mol. The third-order valence-electron chi connectivity index (χ3n) is 5.69. The van der Waals surface area contributed by atoms with Crippen molar-refractivity contribution in [2.75, 3.05) is 11.4 Å². The number of carbonyl (C=O) groups excluding carboxylic acids is 1. The fourth-order valence-electron chi connectivity index (χ4n) is 4.04. The Balaban J connectivity index is 1.49. The van der Waals surface area contributed by atoms with Crippen molar-refractivity contribution in [2.45, 2.75) is 23.8 Å². The number of amides is 1. The molecule has 150 valence electrons. The van der Waals surface area contributed by atoms with E-state index in [1.165, 1.54) is 17.3 Å². The Labute approximate surface area is 178 Å². The molecule has 1 aliphatic heterocycles. The molecule has 0 N–H and O–H groups in total. The number of rotatable bonds is 3. The number of nitrogens with zero attached hydrogens (tertiary/aromatic N) is 3. The number of hydrogen-bond acceptors (Lipinski definition) is 4. The molecule has 0 radical (unpaired) electrons. The van der Waals surface area contributed by atoms with Gasteiger partial charge >= 0.3 is 0 Å². The maximum absolute atomic E-state index is 13.1. The lowest BCUT2D eigenvalue weighted by atomic mass is 10.1. The van der Waals surface area contributed by atoms with Crippen molar-refractivity contribution < 1.29 is 4.79 Å². The molecule has 1 atom stereocenters. The van der Waals surface area contributed by atoms with Crippen molar-refractivity contribution in [3.63, 3.8) is 0 Å². The van der Waals surface area contributed by atoms with Gasteiger partial charge in [-0.2, -0.15) is 0 Å². The molecule has 2 heterocycles. The molecule has 0 aliphatic carbocycles. The molecule has 0 bridgehead atoms. The summed E-state index contributed by atoms with van der Waals surface area (Å²) in [5.41, 5.74) is 2.75. The number of benzene rings is 3. The topological polar surface area (TPSA) is 55.2 Å². The van der Waals surface area contributed by atoms with Crippen LogP contribution in [0, 0.1) is 0 Å². The first-order valence-corrected chi connectivity index (χ1v) is 10.9. The van der Waals surface area contributed by atoms with Gasteiger partial charge in [0.1, 0.15) is 0 Å². The first-order chi connectivity index (χ1) is 14.5. The van der Waals surface area contributed by atoms with Crippen LogP contribution in [-0.2, 0) is 18.3 Å². The summed E-state index contributed by atoms with van der Waals surface area (Å²) in [5, 5.41) is 2.84. The zero-order chi connectivity index (χ0) is 20.8. The molecule has 4 aromatic rings. The van der Waals surface area contributed by atoms with E-state index in [9.17, 15) is 9.59 Å². The standard InChI is InChI=1S/C24H21N3O2S/c1-15(22(28)27-12-11-16-7-5-6-10-21(16)27)30-24-25-20-14-18-9-4-3-8-17(18)13-19(20)23(29)26(24)2/h3-10,13-15H,11-12H2,1-2H3/t15-/m1/s1. The van der Waals surface area contributed by atoms with Crippen LogP contribution in [-0.4, -0.2) is 27.3 Å². The third-order valence-corrected chi connectivity index (χ3v) is 6.82. The second kappa shape index (κ2) is 7.29. The molecule has 0 unspecified atom stereocenters. The predicted molar refractivity (Wildman–Crippen MR) is 122 cm³/mol. The van der Waals surface area contributed by atoms with Crippen molar-refractivity contribution in [3.8, 4) is 0 Å². The largest absolute Gasteiger partial charge is 0.311 e. The maximum atomic E-state index is 13.1. The van der Waals surface area contributed by atoms with E-state index in [0.29, 0.717) is 22.6 Å². The Kier molecular flexibility index (Phi) is 4.59. The summed E-state index contributed by atoms with van der Waals surface area (Å²) < 4.78 is 1.55. The fourth-order valence-corrected chi connectivity index (χ4v) is 4.97. The second-order valence-electron chi connectivity index (χ2n) is 7.60. The number of hydrogen-bond donors (Lipinski definition) is 0. The molecule has 3 aromatic carbocycles. The van der Waals surface area contributed by atoms with E-state index in [0.717, 1.165) is 22.9 Å². The van der Waals surface area contributed by atoms with Gasteiger partial charge in [-0.3, -0.25) is 14.2 Å². The van der Waals surface area contributed by atoms with E-state index in [1.54, 1.807) is 11.6 Å². The molecule has 1 aliphatic rings. The summed E-state index contributed by atoms with van der Waals surface area (Å²) in [6, 6.07) is 19.8. The number of carbonyl (C=O) groups is 1. The number of thioether (sulfide) groups is 1. The van der Waals surface area contributed by atoms with Crippen LogP contribution in [0.15, 0.2) is 70.6 Å². The highest BCUT2D eigenvalue weighted by Crippen LogP contribution is 2.31. The van der Waals surface area contributed by atoms with E-state index < -0.39 is 0 Å². The molecule has 1 amide bonds. The van der Waals surface area contributed by atoms with Crippen molar-refractivity contribution >= 4 is 45.0 Å². The van der Waals surface area contributed by atoms with E-state index in [4.69, 9.17) is 4.98 Å².